The maximum absolute atomic E-state index is 15.1. The second-order valence-electron chi connectivity index (χ2n) is 25.7. The van der Waals surface area contributed by atoms with Crippen LogP contribution in [0.1, 0.15) is 138 Å². The van der Waals surface area contributed by atoms with Crippen molar-refractivity contribution in [2.45, 2.75) is 169 Å². The molecule has 0 radical (unpaired) electrons. The molecule has 1 aliphatic rings. The Morgan fingerprint density at radius 2 is 0.678 bits per heavy atom. The first-order valence-corrected chi connectivity index (χ1v) is 30.7. The number of nitrogens with zero attached hydrogens (tertiary/aromatic N) is 10. The van der Waals surface area contributed by atoms with Gasteiger partial charge in [0.05, 0.1) is 36.6 Å². The molecule has 1 aliphatic heterocycles. The van der Waals surface area contributed by atoms with Crippen molar-refractivity contribution in [2.75, 3.05) is 56.4 Å². The molecule has 4 aromatic rings. The van der Waals surface area contributed by atoms with Crippen LogP contribution in [0.25, 0.3) is 0 Å². The lowest BCUT2D eigenvalue weighted by atomic mass is 9.99. The van der Waals surface area contributed by atoms with Crippen LogP contribution in [0.4, 0.5) is 0 Å². The van der Waals surface area contributed by atoms with Gasteiger partial charge in [-0.1, -0.05) is 104 Å². The number of likely N-dealkylation sites (N-methyl/N-ethyl adjacent to an activating group) is 4. The van der Waals surface area contributed by atoms with E-state index in [1.807, 2.05) is 55.4 Å². The second-order valence-corrected chi connectivity index (χ2v) is 25.7. The zero-order valence-corrected chi connectivity index (χ0v) is 55.7. The maximum Gasteiger partial charge on any atom is 0.329 e. The summed E-state index contributed by atoms with van der Waals surface area (Å²) in [4.78, 5) is 151. The number of rotatable bonds is 18. The summed E-state index contributed by atoms with van der Waals surface area (Å²) in [5, 5.41) is 8.67. The number of carbonyl (C=O) groups excluding carboxylic acids is 10. The van der Waals surface area contributed by atoms with Crippen molar-refractivity contribution in [1.29, 1.82) is 0 Å². The Morgan fingerprint density at radius 3 is 0.944 bits per heavy atom. The number of aromatic nitrogens is 4. The molecule has 90 heavy (non-hydrogen) atoms. The molecule has 0 spiro atoms. The fourth-order valence-corrected chi connectivity index (χ4v) is 10.5. The molecule has 8 atom stereocenters. The van der Waals surface area contributed by atoms with E-state index in [0.29, 0.717) is 35.3 Å². The Morgan fingerprint density at radius 1 is 0.422 bits per heavy atom. The Hall–Kier alpha value is -8.44. The number of amides is 6. The second kappa shape index (κ2) is 32.3. The molecule has 1 fully saturated rings. The van der Waals surface area contributed by atoms with Gasteiger partial charge in [-0.05, 0) is 85.5 Å². The standard InChI is InChI=1S/C66H94N10O14/c1-39(2)27-51-63(83)87-43(9)57(77)71(15)54(30-42(7)8)66(86)90-56(32-46-21-25-48(26-22-46)36-76-38-50(34-68-76)60(80)70(13)14)62(82)74(18)52(28-40(3)4)64(84)88-44(10)58(78)72(16)53(29-41(5)6)65(85)89-55(61(81)73(51)17)31-45-19-23-47(24-20-45)35-75-37-49(33-67-75)59(79)69(11)12/h19-26,33-34,37-44,51-56H,27-32,35-36H2,1-18H3/t43-,44-,51+,52+,53+,54+,55-,56-/m1/s1. The van der Waals surface area contributed by atoms with Gasteiger partial charge in [-0.25, -0.2) is 19.2 Å². The van der Waals surface area contributed by atoms with E-state index in [0.717, 1.165) is 30.7 Å². The van der Waals surface area contributed by atoms with E-state index < -0.39 is 96.1 Å². The largest absolute Gasteiger partial charge is 0.451 e. The molecule has 5 rings (SSSR count). The number of cyclic esters (lactones) is 4. The third kappa shape index (κ3) is 19.8. The molecule has 2 aromatic carbocycles. The number of benzene rings is 2. The van der Waals surface area contributed by atoms with Gasteiger partial charge in [-0.15, -0.1) is 0 Å². The third-order valence-corrected chi connectivity index (χ3v) is 15.6. The molecule has 6 amide bonds. The fourth-order valence-electron chi connectivity index (χ4n) is 10.5. The van der Waals surface area contributed by atoms with E-state index in [4.69, 9.17) is 18.9 Å². The monoisotopic (exact) mass is 1250 g/mol. The van der Waals surface area contributed by atoms with Crippen LogP contribution in [0.2, 0.25) is 0 Å². The summed E-state index contributed by atoms with van der Waals surface area (Å²) in [7, 11) is 12.1. The molecule has 1 saturated heterocycles. The summed E-state index contributed by atoms with van der Waals surface area (Å²) in [5.41, 5.74) is 3.52. The predicted molar refractivity (Wildman–Crippen MR) is 334 cm³/mol. The Bertz CT molecular complexity index is 2930. The molecular formula is C66H94N10O14. The molecule has 24 nitrogen and oxygen atoms in total. The van der Waals surface area contributed by atoms with Gasteiger partial charge in [0.2, 0.25) is 0 Å². The van der Waals surface area contributed by atoms with Crippen molar-refractivity contribution in [2.24, 2.45) is 23.7 Å². The quantitative estimate of drug-likeness (QED) is 0.0872. The van der Waals surface area contributed by atoms with Gasteiger partial charge in [0.15, 0.2) is 24.4 Å². The SMILES string of the molecule is CC(C)C[C@H]1C(=O)O[C@H](Cc2ccc(Cn3cc(C(=O)N(C)C)cn3)cc2)C(=O)N(C)[C@@H](CC(C)C)C(=O)O[C@H](C)C(=O)N(C)[C@@H](CC(C)C)C(=O)O[C@H](Cc2ccc(Cn3cc(C(=O)N(C)C)cn3)cc2)C(=O)N(C)[C@@H](CC(C)C)C(=O)O[C@H](C)C(=O)N1C. The van der Waals surface area contributed by atoms with Gasteiger partial charge >= 0.3 is 23.9 Å². The lowest BCUT2D eigenvalue weighted by Gasteiger charge is -2.35. The Balaban J connectivity index is 1.57. The van der Waals surface area contributed by atoms with Crippen LogP contribution in [-0.4, -0.2) is 213 Å². The van der Waals surface area contributed by atoms with Crippen molar-refractivity contribution in [3.05, 3.63) is 107 Å². The smallest absolute Gasteiger partial charge is 0.329 e. The first kappa shape index (κ1) is 72.3. The van der Waals surface area contributed by atoms with Crippen LogP contribution in [0.15, 0.2) is 73.3 Å². The maximum atomic E-state index is 15.1. The summed E-state index contributed by atoms with van der Waals surface area (Å²) in [6.45, 7) is 17.9. The number of hydrogen-bond donors (Lipinski definition) is 0. The van der Waals surface area contributed by atoms with Gasteiger partial charge in [0.1, 0.15) is 24.2 Å². The van der Waals surface area contributed by atoms with Crippen molar-refractivity contribution < 1.29 is 66.9 Å². The van der Waals surface area contributed by atoms with Gasteiger partial charge in [-0.2, -0.15) is 10.2 Å². The topological polar surface area (TPSA) is 263 Å². The highest BCUT2D eigenvalue weighted by molar-refractivity contribution is 5.96. The Labute approximate surface area is 529 Å². The minimum absolute atomic E-state index is 0.0452. The highest BCUT2D eigenvalue weighted by Gasteiger charge is 2.43. The molecule has 3 heterocycles. The van der Waals surface area contributed by atoms with Crippen LogP contribution in [0, 0.1) is 23.7 Å². The molecule has 0 unspecified atom stereocenters. The van der Waals surface area contributed by atoms with Crippen molar-refractivity contribution in [3.8, 4) is 0 Å². The van der Waals surface area contributed by atoms with E-state index in [9.17, 15) is 38.4 Å². The normalized spacial score (nSPS) is 21.8. The lowest BCUT2D eigenvalue weighted by molar-refractivity contribution is -0.176. The fraction of sp³-hybridized carbons (Fsp3) is 0.576. The van der Waals surface area contributed by atoms with Crippen LogP contribution < -0.4 is 0 Å². The summed E-state index contributed by atoms with van der Waals surface area (Å²) in [6, 6.07) is 8.86. The van der Waals surface area contributed by atoms with E-state index in [-0.39, 0.29) is 74.0 Å². The van der Waals surface area contributed by atoms with Gasteiger partial charge < -0.3 is 48.3 Å². The zero-order chi connectivity index (χ0) is 67.2. The number of hydrogen-bond acceptors (Lipinski definition) is 16. The molecule has 0 aliphatic carbocycles. The average molecular weight is 1250 g/mol. The highest BCUT2D eigenvalue weighted by atomic mass is 16.6. The highest BCUT2D eigenvalue weighted by Crippen LogP contribution is 2.25. The van der Waals surface area contributed by atoms with Crippen LogP contribution in [0.3, 0.4) is 0 Å². The van der Waals surface area contributed by atoms with Gasteiger partial charge in [0.25, 0.3) is 35.4 Å². The van der Waals surface area contributed by atoms with Crippen molar-refractivity contribution in [1.82, 2.24) is 49.0 Å². The molecular weight excluding hydrogens is 1160 g/mol. The average Bonchev–Trinajstić information content (AvgIpc) is 1.29. The van der Waals surface area contributed by atoms with E-state index >= 15 is 9.59 Å². The molecule has 2 aromatic heterocycles. The molecule has 0 saturated carbocycles. The zero-order valence-electron chi connectivity index (χ0n) is 55.7. The third-order valence-electron chi connectivity index (χ3n) is 15.6. The van der Waals surface area contributed by atoms with Crippen LogP contribution in [0.5, 0.6) is 0 Å². The molecule has 492 valence electrons. The Kier molecular flexibility index (Phi) is 26.0. The summed E-state index contributed by atoms with van der Waals surface area (Å²) in [6.07, 6.45) is -0.213. The molecule has 0 bridgehead atoms. The van der Waals surface area contributed by atoms with Crippen LogP contribution in [-0.2, 0) is 83.2 Å². The first-order chi connectivity index (χ1) is 42.2. The van der Waals surface area contributed by atoms with Crippen molar-refractivity contribution >= 4 is 59.3 Å². The van der Waals surface area contributed by atoms with E-state index in [1.165, 1.54) is 64.2 Å². The summed E-state index contributed by atoms with van der Waals surface area (Å²) < 4.78 is 27.5. The number of esters is 4. The summed E-state index contributed by atoms with van der Waals surface area (Å²) in [5.74, 6) is -8.30. The van der Waals surface area contributed by atoms with Crippen molar-refractivity contribution in [3.63, 3.8) is 0 Å². The van der Waals surface area contributed by atoms with E-state index in [1.54, 1.807) is 98.5 Å². The minimum Gasteiger partial charge on any atom is -0.451 e. The predicted octanol–water partition coefficient (Wildman–Crippen LogP) is 5.56. The first-order valence-electron chi connectivity index (χ1n) is 30.7. The summed E-state index contributed by atoms with van der Waals surface area (Å²) >= 11 is 0. The lowest BCUT2D eigenvalue weighted by Crippen LogP contribution is -2.55. The minimum atomic E-state index is -1.59. The van der Waals surface area contributed by atoms with Gasteiger partial charge in [0, 0.05) is 81.6 Å². The van der Waals surface area contributed by atoms with Gasteiger partial charge in [-0.3, -0.25) is 38.1 Å². The van der Waals surface area contributed by atoms with E-state index in [2.05, 4.69) is 10.2 Å². The number of carbonyl (C=O) groups is 10. The number of ether oxygens (including phenoxy) is 4. The molecule has 24 heteroatoms. The molecule has 0 N–H and O–H groups in total. The van der Waals surface area contributed by atoms with Crippen LogP contribution >= 0.6 is 0 Å².